The van der Waals surface area contributed by atoms with Crippen molar-refractivity contribution in [1.82, 2.24) is 15.1 Å². The highest BCUT2D eigenvalue weighted by Gasteiger charge is 2.18. The highest BCUT2D eigenvalue weighted by atomic mass is 16.6. The Kier molecular flexibility index (Phi) is 4.78. The van der Waals surface area contributed by atoms with Crippen molar-refractivity contribution in [2.75, 3.05) is 0 Å². The second kappa shape index (κ2) is 6.60. The number of aryl methyl sites for hydroxylation is 3. The van der Waals surface area contributed by atoms with E-state index in [0.29, 0.717) is 5.56 Å². The molecule has 0 aliphatic carbocycles. The van der Waals surface area contributed by atoms with Crippen molar-refractivity contribution in [2.45, 2.75) is 40.3 Å². The monoisotopic (exact) mass is 316 g/mol. The van der Waals surface area contributed by atoms with E-state index in [1.54, 1.807) is 19.1 Å². The second-order valence-corrected chi connectivity index (χ2v) is 5.48. The first-order valence-corrected chi connectivity index (χ1v) is 7.43. The van der Waals surface area contributed by atoms with Crippen molar-refractivity contribution in [3.8, 4) is 0 Å². The summed E-state index contributed by atoms with van der Waals surface area (Å²) in [4.78, 5) is 22.8. The Morgan fingerprint density at radius 2 is 2.13 bits per heavy atom. The van der Waals surface area contributed by atoms with Crippen LogP contribution in [0, 0.1) is 24.0 Å². The molecule has 1 aromatic carbocycles. The molecule has 0 radical (unpaired) electrons. The summed E-state index contributed by atoms with van der Waals surface area (Å²) >= 11 is 0. The maximum atomic E-state index is 12.3. The number of carbonyl (C=O) groups excluding carboxylic acids is 1. The molecule has 1 heterocycles. The Morgan fingerprint density at radius 3 is 2.70 bits per heavy atom. The fraction of sp³-hybridized carbons (Fsp3) is 0.375. The van der Waals surface area contributed by atoms with Crippen LogP contribution in [0.2, 0.25) is 0 Å². The average molecular weight is 316 g/mol. The summed E-state index contributed by atoms with van der Waals surface area (Å²) in [5.74, 6) is -0.343. The number of nitro benzene ring substituents is 1. The van der Waals surface area contributed by atoms with Gasteiger partial charge in [0.1, 0.15) is 0 Å². The van der Waals surface area contributed by atoms with Crippen LogP contribution in [0.5, 0.6) is 0 Å². The fourth-order valence-corrected chi connectivity index (χ4v) is 2.43. The van der Waals surface area contributed by atoms with Crippen LogP contribution in [-0.4, -0.2) is 20.6 Å². The number of aromatic nitrogens is 2. The molecule has 0 saturated heterocycles. The van der Waals surface area contributed by atoms with Crippen molar-refractivity contribution >= 4 is 11.6 Å². The lowest BCUT2D eigenvalue weighted by atomic mass is 10.1. The van der Waals surface area contributed by atoms with Crippen LogP contribution in [0.15, 0.2) is 24.4 Å². The normalized spacial score (nSPS) is 12.0. The van der Waals surface area contributed by atoms with Crippen molar-refractivity contribution in [3.63, 3.8) is 0 Å². The summed E-state index contributed by atoms with van der Waals surface area (Å²) in [5, 5.41) is 18.2. The zero-order chi connectivity index (χ0) is 17.1. The lowest BCUT2D eigenvalue weighted by Crippen LogP contribution is -2.27. The molecule has 2 rings (SSSR count). The summed E-state index contributed by atoms with van der Waals surface area (Å²) in [6, 6.07) is 4.24. The zero-order valence-electron chi connectivity index (χ0n) is 13.7. The van der Waals surface area contributed by atoms with Crippen LogP contribution in [0.4, 0.5) is 5.69 Å². The van der Waals surface area contributed by atoms with E-state index in [2.05, 4.69) is 10.4 Å². The van der Waals surface area contributed by atoms with Crippen LogP contribution >= 0.6 is 0 Å². The molecule has 1 atom stereocenters. The van der Waals surface area contributed by atoms with Gasteiger partial charge in [0.05, 0.1) is 16.7 Å². The van der Waals surface area contributed by atoms with Gasteiger partial charge in [0.2, 0.25) is 0 Å². The Bertz CT molecular complexity index is 752. The van der Waals surface area contributed by atoms with E-state index in [4.69, 9.17) is 0 Å². The third-order valence-electron chi connectivity index (χ3n) is 3.79. The van der Waals surface area contributed by atoms with E-state index < -0.39 is 4.92 Å². The Hall–Kier alpha value is -2.70. The number of rotatable bonds is 5. The van der Waals surface area contributed by atoms with Gasteiger partial charge in [-0.15, -0.1) is 0 Å². The van der Waals surface area contributed by atoms with Crippen LogP contribution in [0.25, 0.3) is 0 Å². The lowest BCUT2D eigenvalue weighted by molar-refractivity contribution is -0.385. The van der Waals surface area contributed by atoms with E-state index in [9.17, 15) is 14.9 Å². The number of nitrogens with zero attached hydrogens (tertiary/aromatic N) is 3. The van der Waals surface area contributed by atoms with E-state index in [-0.39, 0.29) is 23.2 Å². The van der Waals surface area contributed by atoms with Gasteiger partial charge in [0.25, 0.3) is 11.6 Å². The molecule has 23 heavy (non-hydrogen) atoms. The highest BCUT2D eigenvalue weighted by Crippen LogP contribution is 2.21. The van der Waals surface area contributed by atoms with Crippen LogP contribution in [0.1, 0.15) is 47.1 Å². The van der Waals surface area contributed by atoms with Crippen molar-refractivity contribution in [2.24, 2.45) is 0 Å². The van der Waals surface area contributed by atoms with E-state index in [0.717, 1.165) is 17.8 Å². The number of carbonyl (C=O) groups is 1. The first-order valence-electron chi connectivity index (χ1n) is 7.43. The molecule has 0 spiro atoms. The van der Waals surface area contributed by atoms with Crippen LogP contribution in [0.3, 0.4) is 0 Å². The summed E-state index contributed by atoms with van der Waals surface area (Å²) in [5.41, 5.74) is 2.53. The standard InChI is InChI=1S/C16H20N4O3/c1-5-19-9-14(12(4)18-19)11(3)17-16(21)13-7-6-10(2)15(8-13)20(22)23/h6-9,11H,5H2,1-4H3,(H,17,21). The number of hydrogen-bond acceptors (Lipinski definition) is 4. The molecule has 0 bridgehead atoms. The maximum Gasteiger partial charge on any atom is 0.273 e. The SMILES string of the molecule is CCn1cc(C(C)NC(=O)c2ccc(C)c([N+](=O)[O-])c2)c(C)n1. The molecular weight excluding hydrogens is 296 g/mol. The molecule has 0 aliphatic heterocycles. The van der Waals surface area contributed by atoms with E-state index in [1.165, 1.54) is 6.07 Å². The van der Waals surface area contributed by atoms with Gasteiger partial charge in [0, 0.05) is 35.5 Å². The first-order chi connectivity index (χ1) is 10.8. The fourth-order valence-electron chi connectivity index (χ4n) is 2.43. The molecule has 0 saturated carbocycles. The smallest absolute Gasteiger partial charge is 0.273 e. The Labute approximate surface area is 134 Å². The average Bonchev–Trinajstić information content (AvgIpc) is 2.88. The first kappa shape index (κ1) is 16.7. The molecule has 7 heteroatoms. The number of nitrogens with one attached hydrogen (secondary N) is 1. The second-order valence-electron chi connectivity index (χ2n) is 5.48. The predicted octanol–water partition coefficient (Wildman–Crippen LogP) is 2.92. The van der Waals surface area contributed by atoms with Crippen molar-refractivity contribution in [3.05, 3.63) is 56.9 Å². The number of nitro groups is 1. The minimum atomic E-state index is -0.481. The van der Waals surface area contributed by atoms with Crippen molar-refractivity contribution < 1.29 is 9.72 Å². The molecule has 1 aromatic heterocycles. The van der Waals surface area contributed by atoms with Gasteiger partial charge >= 0.3 is 0 Å². The van der Waals surface area contributed by atoms with Crippen LogP contribution < -0.4 is 5.32 Å². The van der Waals surface area contributed by atoms with Gasteiger partial charge in [-0.1, -0.05) is 6.07 Å². The lowest BCUT2D eigenvalue weighted by Gasteiger charge is -2.13. The Balaban J connectivity index is 2.19. The van der Waals surface area contributed by atoms with Crippen LogP contribution in [-0.2, 0) is 6.54 Å². The molecule has 1 N–H and O–H groups in total. The highest BCUT2D eigenvalue weighted by molar-refractivity contribution is 5.95. The number of hydrogen-bond donors (Lipinski definition) is 1. The molecule has 1 unspecified atom stereocenters. The minimum Gasteiger partial charge on any atom is -0.345 e. The number of amides is 1. The summed E-state index contributed by atoms with van der Waals surface area (Å²) in [7, 11) is 0. The maximum absolute atomic E-state index is 12.3. The van der Waals surface area contributed by atoms with Gasteiger partial charge in [-0.25, -0.2) is 0 Å². The van der Waals surface area contributed by atoms with E-state index in [1.807, 2.05) is 31.6 Å². The topological polar surface area (TPSA) is 90.1 Å². The molecule has 0 aliphatic rings. The largest absolute Gasteiger partial charge is 0.345 e. The zero-order valence-corrected chi connectivity index (χ0v) is 13.7. The molecule has 2 aromatic rings. The van der Waals surface area contributed by atoms with Gasteiger partial charge in [-0.3, -0.25) is 19.6 Å². The third-order valence-corrected chi connectivity index (χ3v) is 3.79. The minimum absolute atomic E-state index is 0.0553. The van der Waals surface area contributed by atoms with Crippen molar-refractivity contribution in [1.29, 1.82) is 0 Å². The van der Waals surface area contributed by atoms with E-state index >= 15 is 0 Å². The van der Waals surface area contributed by atoms with Gasteiger partial charge in [-0.2, -0.15) is 5.10 Å². The summed E-state index contributed by atoms with van der Waals surface area (Å²) in [6.45, 7) is 8.15. The Morgan fingerprint density at radius 1 is 1.43 bits per heavy atom. The number of benzene rings is 1. The third kappa shape index (κ3) is 3.56. The molecule has 0 fully saturated rings. The molecular formula is C16H20N4O3. The van der Waals surface area contributed by atoms with Gasteiger partial charge < -0.3 is 5.32 Å². The quantitative estimate of drug-likeness (QED) is 0.678. The molecule has 122 valence electrons. The molecule has 1 amide bonds. The summed E-state index contributed by atoms with van der Waals surface area (Å²) in [6.07, 6.45) is 1.90. The van der Waals surface area contributed by atoms with Gasteiger partial charge in [-0.05, 0) is 33.8 Å². The predicted molar refractivity (Wildman–Crippen MR) is 86.4 cm³/mol. The van der Waals surface area contributed by atoms with Gasteiger partial charge in [0.15, 0.2) is 0 Å². The molecule has 7 nitrogen and oxygen atoms in total. The summed E-state index contributed by atoms with van der Waals surface area (Å²) < 4.78 is 1.81.